The molecule has 2 heterocycles. The van der Waals surface area contributed by atoms with Crippen LogP contribution in [-0.2, 0) is 5.41 Å². The molecular weight excluding hydrogens is 236 g/mol. The number of furan rings is 2. The molecule has 0 saturated carbocycles. The lowest BCUT2D eigenvalue weighted by atomic mass is 9.80. The molecule has 0 aliphatic heterocycles. The van der Waals surface area contributed by atoms with Crippen molar-refractivity contribution >= 4 is 0 Å². The molecular formula is C17H24O2. The molecule has 2 nitrogen and oxygen atoms in total. The second-order valence-corrected chi connectivity index (χ2v) is 5.61. The molecule has 0 unspecified atom stereocenters. The van der Waals surface area contributed by atoms with Gasteiger partial charge in [-0.2, -0.15) is 0 Å². The Morgan fingerprint density at radius 2 is 1.42 bits per heavy atom. The maximum atomic E-state index is 5.88. The highest BCUT2D eigenvalue weighted by Crippen LogP contribution is 2.38. The van der Waals surface area contributed by atoms with E-state index in [1.165, 1.54) is 19.3 Å². The van der Waals surface area contributed by atoms with E-state index in [0.29, 0.717) is 0 Å². The molecule has 0 saturated heterocycles. The zero-order chi connectivity index (χ0) is 13.9. The molecule has 0 N–H and O–H groups in total. The number of unbranched alkanes of at least 4 members (excludes halogenated alkanes) is 2. The first-order chi connectivity index (χ1) is 9.06. The van der Waals surface area contributed by atoms with E-state index in [1.54, 1.807) is 0 Å². The van der Waals surface area contributed by atoms with Crippen molar-refractivity contribution in [1.82, 2.24) is 0 Å². The van der Waals surface area contributed by atoms with Gasteiger partial charge >= 0.3 is 0 Å². The van der Waals surface area contributed by atoms with Gasteiger partial charge in [-0.25, -0.2) is 0 Å². The predicted octanol–water partition coefficient (Wildman–Crippen LogP) is 5.38. The van der Waals surface area contributed by atoms with Crippen molar-refractivity contribution in [3.05, 3.63) is 47.3 Å². The van der Waals surface area contributed by atoms with E-state index < -0.39 is 0 Å². The Bertz CT molecular complexity index is 479. The SMILES string of the molecule is CCCCCC(C)(c1ccc(C)o1)c1ccc(C)o1. The van der Waals surface area contributed by atoms with Crippen LogP contribution in [0.4, 0.5) is 0 Å². The van der Waals surface area contributed by atoms with Gasteiger partial charge in [-0.15, -0.1) is 0 Å². The van der Waals surface area contributed by atoms with Crippen molar-refractivity contribution in [2.75, 3.05) is 0 Å². The van der Waals surface area contributed by atoms with E-state index in [4.69, 9.17) is 8.83 Å². The second kappa shape index (κ2) is 5.68. The number of hydrogen-bond acceptors (Lipinski definition) is 2. The van der Waals surface area contributed by atoms with Crippen LogP contribution in [0.3, 0.4) is 0 Å². The molecule has 0 bridgehead atoms. The Kier molecular flexibility index (Phi) is 4.18. The van der Waals surface area contributed by atoms with Crippen LogP contribution in [0.1, 0.15) is 62.6 Å². The highest BCUT2D eigenvalue weighted by atomic mass is 16.4. The summed E-state index contributed by atoms with van der Waals surface area (Å²) in [5.74, 6) is 3.94. The lowest BCUT2D eigenvalue weighted by Crippen LogP contribution is -2.22. The summed E-state index contributed by atoms with van der Waals surface area (Å²) < 4.78 is 11.8. The maximum Gasteiger partial charge on any atom is 0.117 e. The highest BCUT2D eigenvalue weighted by molar-refractivity contribution is 5.28. The van der Waals surface area contributed by atoms with E-state index >= 15 is 0 Å². The van der Waals surface area contributed by atoms with Gasteiger partial charge in [-0.05, 0) is 51.5 Å². The molecule has 2 aromatic rings. The van der Waals surface area contributed by atoms with Gasteiger partial charge in [0.1, 0.15) is 23.0 Å². The first kappa shape index (κ1) is 14.0. The van der Waals surface area contributed by atoms with E-state index in [9.17, 15) is 0 Å². The van der Waals surface area contributed by atoms with Gasteiger partial charge < -0.3 is 8.83 Å². The molecule has 0 aliphatic carbocycles. The van der Waals surface area contributed by atoms with E-state index in [1.807, 2.05) is 26.0 Å². The van der Waals surface area contributed by atoms with Crippen LogP contribution in [0.5, 0.6) is 0 Å². The van der Waals surface area contributed by atoms with Crippen molar-refractivity contribution in [3.8, 4) is 0 Å². The summed E-state index contributed by atoms with van der Waals surface area (Å²) in [5, 5.41) is 0. The lowest BCUT2D eigenvalue weighted by molar-refractivity contribution is 0.310. The third kappa shape index (κ3) is 2.94. The highest BCUT2D eigenvalue weighted by Gasteiger charge is 2.34. The van der Waals surface area contributed by atoms with Crippen LogP contribution >= 0.6 is 0 Å². The minimum absolute atomic E-state index is 0.155. The van der Waals surface area contributed by atoms with E-state index in [2.05, 4.69) is 26.0 Å². The van der Waals surface area contributed by atoms with Gasteiger partial charge in [-0.3, -0.25) is 0 Å². The largest absolute Gasteiger partial charge is 0.465 e. The predicted molar refractivity (Wildman–Crippen MR) is 77.5 cm³/mol. The van der Waals surface area contributed by atoms with Gasteiger partial charge in [0.2, 0.25) is 0 Å². The molecule has 0 spiro atoms. The van der Waals surface area contributed by atoms with Crippen LogP contribution in [0.2, 0.25) is 0 Å². The van der Waals surface area contributed by atoms with Crippen molar-refractivity contribution in [2.24, 2.45) is 0 Å². The Balaban J connectivity index is 2.32. The minimum Gasteiger partial charge on any atom is -0.465 e. The molecule has 0 aromatic carbocycles. The molecule has 104 valence electrons. The van der Waals surface area contributed by atoms with Crippen molar-refractivity contribution < 1.29 is 8.83 Å². The lowest BCUT2D eigenvalue weighted by Gasteiger charge is -2.25. The minimum atomic E-state index is -0.155. The standard InChI is InChI=1S/C17H24O2/c1-5-6-7-12-17(4,15-10-8-13(2)18-15)16-11-9-14(3)19-16/h8-11H,5-7,12H2,1-4H3. The summed E-state index contributed by atoms with van der Waals surface area (Å²) in [7, 11) is 0. The summed E-state index contributed by atoms with van der Waals surface area (Å²) in [6, 6.07) is 8.23. The second-order valence-electron chi connectivity index (χ2n) is 5.61. The molecule has 0 radical (unpaired) electrons. The molecule has 0 fully saturated rings. The molecule has 2 heteroatoms. The molecule has 2 aromatic heterocycles. The zero-order valence-corrected chi connectivity index (χ0v) is 12.5. The fourth-order valence-electron chi connectivity index (χ4n) is 2.56. The van der Waals surface area contributed by atoms with Gasteiger partial charge in [0.15, 0.2) is 0 Å². The topological polar surface area (TPSA) is 26.3 Å². The smallest absolute Gasteiger partial charge is 0.117 e. The number of hydrogen-bond donors (Lipinski definition) is 0. The summed E-state index contributed by atoms with van der Waals surface area (Å²) in [4.78, 5) is 0. The summed E-state index contributed by atoms with van der Waals surface area (Å²) in [6.45, 7) is 8.43. The van der Waals surface area contributed by atoms with Crippen LogP contribution < -0.4 is 0 Å². The van der Waals surface area contributed by atoms with Crippen LogP contribution in [-0.4, -0.2) is 0 Å². The van der Waals surface area contributed by atoms with Crippen LogP contribution in [0.25, 0.3) is 0 Å². The fourth-order valence-corrected chi connectivity index (χ4v) is 2.56. The van der Waals surface area contributed by atoms with Crippen molar-refractivity contribution in [3.63, 3.8) is 0 Å². The number of rotatable bonds is 6. The van der Waals surface area contributed by atoms with Gasteiger partial charge in [-0.1, -0.05) is 26.2 Å². The Labute approximate surface area is 115 Å². The van der Waals surface area contributed by atoms with Gasteiger partial charge in [0, 0.05) is 0 Å². The zero-order valence-electron chi connectivity index (χ0n) is 12.5. The van der Waals surface area contributed by atoms with Gasteiger partial charge in [0.05, 0.1) is 5.41 Å². The van der Waals surface area contributed by atoms with Crippen LogP contribution in [0.15, 0.2) is 33.1 Å². The molecule has 2 rings (SSSR count). The van der Waals surface area contributed by atoms with Gasteiger partial charge in [0.25, 0.3) is 0 Å². The van der Waals surface area contributed by atoms with Crippen LogP contribution in [0, 0.1) is 13.8 Å². The average Bonchev–Trinajstić information content (AvgIpc) is 2.98. The monoisotopic (exact) mass is 260 g/mol. The van der Waals surface area contributed by atoms with E-state index in [-0.39, 0.29) is 5.41 Å². The third-order valence-electron chi connectivity index (χ3n) is 3.85. The van der Waals surface area contributed by atoms with E-state index in [0.717, 1.165) is 29.5 Å². The summed E-state index contributed by atoms with van der Waals surface area (Å²) >= 11 is 0. The molecule has 19 heavy (non-hydrogen) atoms. The van der Waals surface area contributed by atoms with Crippen molar-refractivity contribution in [1.29, 1.82) is 0 Å². The molecule has 0 aliphatic rings. The first-order valence-corrected chi connectivity index (χ1v) is 7.20. The fraction of sp³-hybridized carbons (Fsp3) is 0.529. The Hall–Kier alpha value is -1.44. The normalized spacial score (nSPS) is 12.0. The first-order valence-electron chi connectivity index (χ1n) is 7.20. The molecule has 0 atom stereocenters. The Morgan fingerprint density at radius 1 is 0.895 bits per heavy atom. The average molecular weight is 260 g/mol. The maximum absolute atomic E-state index is 5.88. The number of aryl methyl sites for hydroxylation is 2. The molecule has 0 amide bonds. The summed E-state index contributed by atoms with van der Waals surface area (Å²) in [6.07, 6.45) is 4.71. The third-order valence-corrected chi connectivity index (χ3v) is 3.85. The Morgan fingerprint density at radius 3 is 1.79 bits per heavy atom. The quantitative estimate of drug-likeness (QED) is 0.652. The van der Waals surface area contributed by atoms with Crippen molar-refractivity contribution in [2.45, 2.75) is 58.8 Å². The summed E-state index contributed by atoms with van der Waals surface area (Å²) in [5.41, 5.74) is -0.155.